The van der Waals surface area contributed by atoms with Crippen LogP contribution in [0.15, 0.2) is 0 Å². The highest BCUT2D eigenvalue weighted by Crippen LogP contribution is 2.26. The van der Waals surface area contributed by atoms with Crippen molar-refractivity contribution < 1.29 is 34.5 Å². The van der Waals surface area contributed by atoms with Gasteiger partial charge in [-0.15, -0.1) is 0 Å². The van der Waals surface area contributed by atoms with Crippen LogP contribution in [-0.2, 0) is 19.2 Å². The van der Waals surface area contributed by atoms with Crippen molar-refractivity contribution in [2.45, 2.75) is 18.0 Å². The van der Waals surface area contributed by atoms with Crippen LogP contribution in [0.4, 0.5) is 0 Å². The second-order valence-electron chi connectivity index (χ2n) is 3.76. The van der Waals surface area contributed by atoms with E-state index in [0.29, 0.717) is 4.90 Å². The number of aliphatic carboxylic acids is 3. The number of nitrogens with two attached hydrogens (primary N) is 1. The van der Waals surface area contributed by atoms with Crippen LogP contribution in [0, 0.1) is 0 Å². The first kappa shape index (κ1) is 12.9. The number of hydrogen-bond donors (Lipinski definition) is 4. The third-order valence-electron chi connectivity index (χ3n) is 2.54. The van der Waals surface area contributed by atoms with Crippen molar-refractivity contribution in [3.8, 4) is 0 Å². The number of carbonyl (C=O) groups is 4. The maximum Gasteiger partial charge on any atom is 0.394 e. The molecule has 0 aromatic carbocycles. The van der Waals surface area contributed by atoms with Crippen LogP contribution in [0.25, 0.3) is 0 Å². The molecule has 1 aliphatic rings. The molecule has 1 fully saturated rings. The minimum Gasteiger partial charge on any atom is -0.480 e. The molecule has 0 bridgehead atoms. The maximum atomic E-state index is 11.2. The number of rotatable bonds is 2. The van der Waals surface area contributed by atoms with Crippen molar-refractivity contribution in [3.05, 3.63) is 0 Å². The molecule has 0 aromatic heterocycles. The zero-order valence-corrected chi connectivity index (χ0v) is 8.49. The molecule has 0 spiro atoms. The summed E-state index contributed by atoms with van der Waals surface area (Å²) in [5.74, 6) is -6.31. The van der Waals surface area contributed by atoms with E-state index in [0.717, 1.165) is 0 Å². The molecule has 0 unspecified atom stereocenters. The van der Waals surface area contributed by atoms with Crippen molar-refractivity contribution >= 4 is 23.8 Å². The fraction of sp³-hybridized carbons (Fsp3) is 0.500. The van der Waals surface area contributed by atoms with Crippen LogP contribution in [0.3, 0.4) is 0 Å². The van der Waals surface area contributed by atoms with E-state index in [1.807, 2.05) is 0 Å². The summed E-state index contributed by atoms with van der Waals surface area (Å²) in [7, 11) is 0. The van der Waals surface area contributed by atoms with Gasteiger partial charge in [-0.1, -0.05) is 0 Å². The largest absolute Gasteiger partial charge is 0.480 e. The summed E-state index contributed by atoms with van der Waals surface area (Å²) < 4.78 is 0. The van der Waals surface area contributed by atoms with E-state index in [1.54, 1.807) is 0 Å². The van der Waals surface area contributed by atoms with Gasteiger partial charge in [0.1, 0.15) is 11.6 Å². The molecule has 1 amide bonds. The van der Waals surface area contributed by atoms with Gasteiger partial charge in [-0.3, -0.25) is 9.59 Å². The number of likely N-dealkylation sites (tertiary alicyclic amines) is 1. The van der Waals surface area contributed by atoms with E-state index < -0.39 is 48.4 Å². The number of carboxylic acid groups (broad SMARTS) is 3. The molecule has 1 aliphatic heterocycles. The molecule has 17 heavy (non-hydrogen) atoms. The summed E-state index contributed by atoms with van der Waals surface area (Å²) in [6, 6.07) is -1.54. The molecule has 0 saturated carbocycles. The monoisotopic (exact) mass is 246 g/mol. The second kappa shape index (κ2) is 4.01. The number of carbonyl (C=O) groups excluding carboxylic acids is 1. The van der Waals surface area contributed by atoms with Crippen molar-refractivity contribution in [2.24, 2.45) is 5.73 Å². The molecule has 0 radical (unpaired) electrons. The number of hydrogen-bond acceptors (Lipinski definition) is 5. The van der Waals surface area contributed by atoms with Gasteiger partial charge in [0, 0.05) is 6.42 Å². The summed E-state index contributed by atoms with van der Waals surface area (Å²) in [6.07, 6.45) is -0.531. The zero-order valence-electron chi connectivity index (χ0n) is 8.49. The summed E-state index contributed by atoms with van der Waals surface area (Å²) in [6.45, 7) is -0.648. The molecule has 0 aromatic rings. The summed E-state index contributed by atoms with van der Waals surface area (Å²) in [5.41, 5.74) is 3.47. The van der Waals surface area contributed by atoms with Crippen LogP contribution in [0.5, 0.6) is 0 Å². The number of carboxylic acids is 3. The molecule has 9 nitrogen and oxygen atoms in total. The Morgan fingerprint density at radius 1 is 1.18 bits per heavy atom. The van der Waals surface area contributed by atoms with Gasteiger partial charge in [0.25, 0.3) is 0 Å². The summed E-state index contributed by atoms with van der Waals surface area (Å²) >= 11 is 0. The van der Waals surface area contributed by atoms with Crippen LogP contribution in [-0.4, -0.2) is 62.2 Å². The van der Waals surface area contributed by atoms with Gasteiger partial charge in [0.2, 0.25) is 0 Å². The third kappa shape index (κ3) is 2.18. The van der Waals surface area contributed by atoms with Crippen molar-refractivity contribution in [2.75, 3.05) is 6.54 Å². The Labute approximate surface area is 94.4 Å². The standard InChI is InChI=1S/C8H10N2O7/c9-8(7(16)17)1-3(5(12)13)10(2-8)4(11)6(14)15/h3H,1-2,9H2,(H,12,13)(H,14,15)(H,16,17)/t3-,8-/m0/s1. The van der Waals surface area contributed by atoms with E-state index in [9.17, 15) is 19.2 Å². The van der Waals surface area contributed by atoms with E-state index in [1.165, 1.54) is 0 Å². The first-order valence-corrected chi connectivity index (χ1v) is 4.48. The molecule has 5 N–H and O–H groups in total. The fourth-order valence-electron chi connectivity index (χ4n) is 1.65. The van der Waals surface area contributed by atoms with Crippen molar-refractivity contribution in [1.82, 2.24) is 4.90 Å². The highest BCUT2D eigenvalue weighted by Gasteiger charge is 2.52. The fourth-order valence-corrected chi connectivity index (χ4v) is 1.65. The molecule has 0 aliphatic carbocycles. The third-order valence-corrected chi connectivity index (χ3v) is 2.54. The van der Waals surface area contributed by atoms with Gasteiger partial charge < -0.3 is 26.0 Å². The van der Waals surface area contributed by atoms with Gasteiger partial charge in [-0.2, -0.15) is 0 Å². The Bertz CT molecular complexity index is 407. The maximum absolute atomic E-state index is 11.2. The topological polar surface area (TPSA) is 158 Å². The number of nitrogens with zero attached hydrogens (tertiary/aromatic N) is 1. The van der Waals surface area contributed by atoms with Gasteiger partial charge in [0.05, 0.1) is 6.54 Å². The quantitative estimate of drug-likeness (QED) is 0.390. The average Bonchev–Trinajstić information content (AvgIpc) is 2.56. The SMILES string of the molecule is N[C@@]1(C(=O)O)C[C@@H](C(=O)O)N(C(=O)C(=O)O)C1. The van der Waals surface area contributed by atoms with E-state index in [-0.39, 0.29) is 0 Å². The molecular formula is C8H10N2O7. The summed E-state index contributed by atoms with van der Waals surface area (Å²) in [5, 5.41) is 26.1. The van der Waals surface area contributed by atoms with Crippen LogP contribution in [0.2, 0.25) is 0 Å². The molecular weight excluding hydrogens is 236 g/mol. The minimum absolute atomic E-state index is 0.443. The Morgan fingerprint density at radius 3 is 2.06 bits per heavy atom. The zero-order chi connectivity index (χ0) is 13.4. The van der Waals surface area contributed by atoms with Gasteiger partial charge in [0.15, 0.2) is 0 Å². The van der Waals surface area contributed by atoms with Crippen LogP contribution in [0.1, 0.15) is 6.42 Å². The van der Waals surface area contributed by atoms with Crippen molar-refractivity contribution in [1.29, 1.82) is 0 Å². The predicted octanol–water partition coefficient (Wildman–Crippen LogP) is -2.46. The summed E-state index contributed by atoms with van der Waals surface area (Å²) in [4.78, 5) is 43.7. The van der Waals surface area contributed by atoms with Gasteiger partial charge >= 0.3 is 23.8 Å². The lowest BCUT2D eigenvalue weighted by atomic mass is 9.98. The van der Waals surface area contributed by atoms with Crippen molar-refractivity contribution in [3.63, 3.8) is 0 Å². The Kier molecular flexibility index (Phi) is 3.05. The lowest BCUT2D eigenvalue weighted by molar-refractivity contribution is -0.159. The average molecular weight is 246 g/mol. The smallest absolute Gasteiger partial charge is 0.394 e. The minimum atomic E-state index is -1.94. The molecule has 9 heteroatoms. The highest BCUT2D eigenvalue weighted by atomic mass is 16.4. The number of amides is 1. The van der Waals surface area contributed by atoms with E-state index >= 15 is 0 Å². The lowest BCUT2D eigenvalue weighted by Gasteiger charge is -2.19. The van der Waals surface area contributed by atoms with Gasteiger partial charge in [-0.25, -0.2) is 9.59 Å². The van der Waals surface area contributed by atoms with E-state index in [4.69, 9.17) is 21.1 Å². The Morgan fingerprint density at radius 2 is 1.71 bits per heavy atom. The highest BCUT2D eigenvalue weighted by molar-refractivity contribution is 6.32. The molecule has 1 heterocycles. The Hall–Kier alpha value is -2.16. The van der Waals surface area contributed by atoms with Crippen LogP contribution >= 0.6 is 0 Å². The van der Waals surface area contributed by atoms with E-state index in [2.05, 4.69) is 0 Å². The van der Waals surface area contributed by atoms with Crippen LogP contribution < -0.4 is 5.73 Å². The lowest BCUT2D eigenvalue weighted by Crippen LogP contribution is -2.51. The normalized spacial score (nSPS) is 27.8. The first-order valence-electron chi connectivity index (χ1n) is 4.48. The first-order chi connectivity index (χ1) is 7.69. The predicted molar refractivity (Wildman–Crippen MR) is 49.9 cm³/mol. The molecule has 2 atom stereocenters. The molecule has 1 saturated heterocycles. The Balaban J connectivity index is 3.04. The molecule has 1 rings (SSSR count). The van der Waals surface area contributed by atoms with Gasteiger partial charge in [-0.05, 0) is 0 Å². The second-order valence-corrected chi connectivity index (χ2v) is 3.76. The molecule has 94 valence electrons.